The summed E-state index contributed by atoms with van der Waals surface area (Å²) in [6, 6.07) is 0. The Morgan fingerprint density at radius 2 is 1.62 bits per heavy atom. The second kappa shape index (κ2) is 7.34. The molecule has 0 heterocycles. The standard InChI is InChI=1S/C12H25F/c1-5-7-9-10(3)12(8-6-2)11(4)13/h10-12H,5-9H2,1-4H3. The summed E-state index contributed by atoms with van der Waals surface area (Å²) in [6.45, 7) is 8.25. The molecule has 80 valence electrons. The minimum atomic E-state index is -0.633. The van der Waals surface area contributed by atoms with Crippen LogP contribution in [0.2, 0.25) is 0 Å². The van der Waals surface area contributed by atoms with E-state index >= 15 is 0 Å². The van der Waals surface area contributed by atoms with Crippen molar-refractivity contribution in [1.82, 2.24) is 0 Å². The zero-order valence-electron chi connectivity index (χ0n) is 9.65. The summed E-state index contributed by atoms with van der Waals surface area (Å²) in [4.78, 5) is 0. The van der Waals surface area contributed by atoms with E-state index in [9.17, 15) is 4.39 Å². The Morgan fingerprint density at radius 3 is 2.00 bits per heavy atom. The molecule has 0 aliphatic carbocycles. The molecule has 13 heavy (non-hydrogen) atoms. The summed E-state index contributed by atoms with van der Waals surface area (Å²) in [5.74, 6) is 0.844. The van der Waals surface area contributed by atoms with Crippen molar-refractivity contribution in [2.45, 2.75) is 66.0 Å². The molecule has 0 N–H and O–H groups in total. The summed E-state index contributed by atoms with van der Waals surface area (Å²) < 4.78 is 13.2. The van der Waals surface area contributed by atoms with Crippen molar-refractivity contribution < 1.29 is 4.39 Å². The summed E-state index contributed by atoms with van der Waals surface area (Å²) in [7, 11) is 0. The van der Waals surface area contributed by atoms with Crippen LogP contribution in [0.4, 0.5) is 4.39 Å². The fraction of sp³-hybridized carbons (Fsp3) is 1.00. The van der Waals surface area contributed by atoms with Gasteiger partial charge >= 0.3 is 0 Å². The van der Waals surface area contributed by atoms with Crippen molar-refractivity contribution >= 4 is 0 Å². The van der Waals surface area contributed by atoms with E-state index in [4.69, 9.17) is 0 Å². The van der Waals surface area contributed by atoms with E-state index in [1.165, 1.54) is 19.3 Å². The average Bonchev–Trinajstić information content (AvgIpc) is 2.09. The first-order valence-electron chi connectivity index (χ1n) is 5.77. The Labute approximate surface area is 82.9 Å². The minimum absolute atomic E-state index is 0.288. The predicted molar refractivity (Wildman–Crippen MR) is 57.7 cm³/mol. The Hall–Kier alpha value is -0.0700. The van der Waals surface area contributed by atoms with E-state index in [2.05, 4.69) is 20.8 Å². The Balaban J connectivity index is 3.87. The van der Waals surface area contributed by atoms with Crippen LogP contribution in [0, 0.1) is 11.8 Å². The first kappa shape index (κ1) is 12.9. The lowest BCUT2D eigenvalue weighted by atomic mass is 9.83. The van der Waals surface area contributed by atoms with Crippen molar-refractivity contribution in [2.24, 2.45) is 11.8 Å². The zero-order chi connectivity index (χ0) is 10.3. The van der Waals surface area contributed by atoms with Crippen molar-refractivity contribution in [3.8, 4) is 0 Å². The summed E-state index contributed by atoms with van der Waals surface area (Å²) in [5, 5.41) is 0. The van der Waals surface area contributed by atoms with Crippen molar-refractivity contribution in [2.75, 3.05) is 0 Å². The summed E-state index contributed by atoms with van der Waals surface area (Å²) >= 11 is 0. The molecule has 0 saturated carbocycles. The highest BCUT2D eigenvalue weighted by Gasteiger charge is 2.21. The van der Waals surface area contributed by atoms with Gasteiger partial charge in [-0.05, 0) is 25.2 Å². The maximum Gasteiger partial charge on any atom is 0.100 e. The van der Waals surface area contributed by atoms with Gasteiger partial charge in [0, 0.05) is 0 Å². The number of halogens is 1. The fourth-order valence-corrected chi connectivity index (χ4v) is 2.04. The molecular formula is C12H25F. The molecule has 0 rings (SSSR count). The van der Waals surface area contributed by atoms with Gasteiger partial charge in [0.15, 0.2) is 0 Å². The van der Waals surface area contributed by atoms with Crippen LogP contribution in [-0.2, 0) is 0 Å². The maximum absolute atomic E-state index is 13.2. The van der Waals surface area contributed by atoms with Gasteiger partial charge in [0.1, 0.15) is 6.17 Å². The number of rotatable bonds is 7. The van der Waals surface area contributed by atoms with Crippen molar-refractivity contribution in [3.05, 3.63) is 0 Å². The van der Waals surface area contributed by atoms with Crippen LogP contribution in [0.3, 0.4) is 0 Å². The first-order chi connectivity index (χ1) is 6.13. The van der Waals surface area contributed by atoms with Crippen LogP contribution in [0.1, 0.15) is 59.8 Å². The molecule has 0 spiro atoms. The van der Waals surface area contributed by atoms with Gasteiger partial charge in [-0.15, -0.1) is 0 Å². The van der Waals surface area contributed by atoms with E-state index in [1.807, 2.05) is 0 Å². The Kier molecular flexibility index (Phi) is 7.31. The zero-order valence-corrected chi connectivity index (χ0v) is 9.65. The lowest BCUT2D eigenvalue weighted by Gasteiger charge is -2.24. The third-order valence-corrected chi connectivity index (χ3v) is 2.96. The van der Waals surface area contributed by atoms with Crippen LogP contribution in [0.15, 0.2) is 0 Å². The molecule has 0 fully saturated rings. The molecule has 3 unspecified atom stereocenters. The minimum Gasteiger partial charge on any atom is -0.247 e. The summed E-state index contributed by atoms with van der Waals surface area (Å²) in [6.07, 6.45) is 5.18. The number of hydrogen-bond donors (Lipinski definition) is 0. The number of unbranched alkanes of at least 4 members (excludes halogenated alkanes) is 1. The van der Waals surface area contributed by atoms with Crippen LogP contribution >= 0.6 is 0 Å². The van der Waals surface area contributed by atoms with Gasteiger partial charge in [-0.2, -0.15) is 0 Å². The molecule has 0 aromatic carbocycles. The maximum atomic E-state index is 13.2. The largest absolute Gasteiger partial charge is 0.247 e. The molecule has 0 aromatic rings. The molecule has 1 heteroatoms. The lowest BCUT2D eigenvalue weighted by Crippen LogP contribution is -2.20. The van der Waals surface area contributed by atoms with Gasteiger partial charge in [-0.3, -0.25) is 0 Å². The molecular weight excluding hydrogens is 163 g/mol. The van der Waals surface area contributed by atoms with Gasteiger partial charge in [-0.25, -0.2) is 4.39 Å². The van der Waals surface area contributed by atoms with Crippen LogP contribution < -0.4 is 0 Å². The van der Waals surface area contributed by atoms with Crippen LogP contribution in [0.5, 0.6) is 0 Å². The number of hydrogen-bond acceptors (Lipinski definition) is 0. The average molecular weight is 188 g/mol. The van der Waals surface area contributed by atoms with E-state index in [0.717, 1.165) is 12.8 Å². The molecule has 0 saturated heterocycles. The van der Waals surface area contributed by atoms with Gasteiger partial charge < -0.3 is 0 Å². The van der Waals surface area contributed by atoms with E-state index in [-0.39, 0.29) is 5.92 Å². The van der Waals surface area contributed by atoms with Gasteiger partial charge in [0.25, 0.3) is 0 Å². The lowest BCUT2D eigenvalue weighted by molar-refractivity contribution is 0.168. The highest BCUT2D eigenvalue weighted by atomic mass is 19.1. The highest BCUT2D eigenvalue weighted by molar-refractivity contribution is 4.71. The second-order valence-corrected chi connectivity index (χ2v) is 4.25. The van der Waals surface area contributed by atoms with E-state index in [1.54, 1.807) is 6.92 Å². The molecule has 0 aliphatic heterocycles. The third kappa shape index (κ3) is 5.28. The molecule has 0 radical (unpaired) electrons. The quantitative estimate of drug-likeness (QED) is 0.548. The predicted octanol–water partition coefficient (Wildman–Crippen LogP) is 4.59. The van der Waals surface area contributed by atoms with Crippen LogP contribution in [0.25, 0.3) is 0 Å². The van der Waals surface area contributed by atoms with Gasteiger partial charge in [0.2, 0.25) is 0 Å². The molecule has 0 amide bonds. The SMILES string of the molecule is CCCCC(C)C(CCC)C(C)F. The second-order valence-electron chi connectivity index (χ2n) is 4.25. The van der Waals surface area contributed by atoms with Crippen molar-refractivity contribution in [1.29, 1.82) is 0 Å². The molecule has 0 bridgehead atoms. The molecule has 0 nitrogen and oxygen atoms in total. The highest BCUT2D eigenvalue weighted by Crippen LogP contribution is 2.27. The van der Waals surface area contributed by atoms with E-state index < -0.39 is 6.17 Å². The topological polar surface area (TPSA) is 0 Å². The van der Waals surface area contributed by atoms with E-state index in [0.29, 0.717) is 5.92 Å². The molecule has 0 aromatic heterocycles. The van der Waals surface area contributed by atoms with Crippen molar-refractivity contribution in [3.63, 3.8) is 0 Å². The number of alkyl halides is 1. The first-order valence-corrected chi connectivity index (χ1v) is 5.77. The monoisotopic (exact) mass is 188 g/mol. The van der Waals surface area contributed by atoms with Gasteiger partial charge in [0.05, 0.1) is 0 Å². The Bertz CT molecular complexity index is 110. The normalized spacial score (nSPS) is 18.2. The third-order valence-electron chi connectivity index (χ3n) is 2.96. The smallest absolute Gasteiger partial charge is 0.100 e. The Morgan fingerprint density at radius 1 is 1.00 bits per heavy atom. The molecule has 3 atom stereocenters. The van der Waals surface area contributed by atoms with Crippen LogP contribution in [-0.4, -0.2) is 6.17 Å². The summed E-state index contributed by atoms with van der Waals surface area (Å²) in [5.41, 5.74) is 0. The van der Waals surface area contributed by atoms with Gasteiger partial charge in [-0.1, -0.05) is 46.5 Å². The fourth-order valence-electron chi connectivity index (χ4n) is 2.04. The molecule has 0 aliphatic rings.